The predicted octanol–water partition coefficient (Wildman–Crippen LogP) is 8.67. The van der Waals surface area contributed by atoms with Crippen LogP contribution >= 0.6 is 0 Å². The van der Waals surface area contributed by atoms with E-state index in [9.17, 15) is 0 Å². The SMILES string of the molecule is c1ccc(-c2nc(-c3ccc4c(c3)oc3ccccc34)nc(-c3ccc4c(c3)oc3ccccc34)n2)cc1. The minimum Gasteiger partial charge on any atom is -0.456 e. The third-order valence-corrected chi connectivity index (χ3v) is 6.94. The average molecular weight is 490 g/mol. The van der Waals surface area contributed by atoms with Crippen molar-refractivity contribution in [2.75, 3.05) is 0 Å². The molecule has 8 rings (SSSR count). The minimum absolute atomic E-state index is 0.584. The molecule has 0 unspecified atom stereocenters. The minimum atomic E-state index is 0.584. The highest BCUT2D eigenvalue weighted by Gasteiger charge is 2.16. The number of aromatic nitrogens is 3. The Hall–Kier alpha value is -5.29. The van der Waals surface area contributed by atoms with Crippen LogP contribution in [0, 0.1) is 0 Å². The van der Waals surface area contributed by atoms with Crippen molar-refractivity contribution in [1.82, 2.24) is 15.0 Å². The highest BCUT2D eigenvalue weighted by Crippen LogP contribution is 2.34. The van der Waals surface area contributed by atoms with Gasteiger partial charge in [-0.1, -0.05) is 78.9 Å². The summed E-state index contributed by atoms with van der Waals surface area (Å²) < 4.78 is 12.3. The molecule has 0 saturated heterocycles. The van der Waals surface area contributed by atoms with Crippen LogP contribution in [0.5, 0.6) is 0 Å². The number of benzene rings is 5. The van der Waals surface area contributed by atoms with Crippen molar-refractivity contribution in [3.8, 4) is 34.2 Å². The topological polar surface area (TPSA) is 65.0 Å². The molecule has 3 aromatic heterocycles. The fraction of sp³-hybridized carbons (Fsp3) is 0. The van der Waals surface area contributed by atoms with Crippen LogP contribution in [0.25, 0.3) is 78.0 Å². The van der Waals surface area contributed by atoms with E-state index in [4.69, 9.17) is 23.8 Å². The van der Waals surface area contributed by atoms with Crippen LogP contribution in [0.2, 0.25) is 0 Å². The summed E-state index contributed by atoms with van der Waals surface area (Å²) in [6, 6.07) is 38.3. The van der Waals surface area contributed by atoms with E-state index in [0.717, 1.165) is 60.6 Å². The summed E-state index contributed by atoms with van der Waals surface area (Å²) in [6.07, 6.45) is 0. The van der Waals surface area contributed by atoms with Gasteiger partial charge in [0.15, 0.2) is 17.5 Å². The maximum Gasteiger partial charge on any atom is 0.164 e. The lowest BCUT2D eigenvalue weighted by molar-refractivity contribution is 0.668. The molecule has 0 amide bonds. The largest absolute Gasteiger partial charge is 0.456 e. The van der Waals surface area contributed by atoms with Crippen LogP contribution in [-0.2, 0) is 0 Å². The monoisotopic (exact) mass is 489 g/mol. The summed E-state index contributed by atoms with van der Waals surface area (Å²) in [7, 11) is 0. The van der Waals surface area contributed by atoms with Gasteiger partial charge in [-0.05, 0) is 36.4 Å². The summed E-state index contributed by atoms with van der Waals surface area (Å²) in [5.41, 5.74) is 5.97. The van der Waals surface area contributed by atoms with Crippen molar-refractivity contribution in [3.63, 3.8) is 0 Å². The first-order chi connectivity index (χ1) is 18.8. The quantitative estimate of drug-likeness (QED) is 0.248. The molecule has 178 valence electrons. The summed E-state index contributed by atoms with van der Waals surface area (Å²) >= 11 is 0. The Balaban J connectivity index is 1.33. The van der Waals surface area contributed by atoms with Gasteiger partial charge >= 0.3 is 0 Å². The van der Waals surface area contributed by atoms with Crippen LogP contribution < -0.4 is 0 Å². The van der Waals surface area contributed by atoms with Gasteiger partial charge in [-0.15, -0.1) is 0 Å². The fourth-order valence-electron chi connectivity index (χ4n) is 5.08. The molecular formula is C33H19N3O2. The molecular weight excluding hydrogens is 470 g/mol. The van der Waals surface area contributed by atoms with Crippen molar-refractivity contribution in [1.29, 1.82) is 0 Å². The maximum atomic E-state index is 6.14. The second-order valence-corrected chi connectivity index (χ2v) is 9.29. The number of hydrogen-bond donors (Lipinski definition) is 0. The first kappa shape index (κ1) is 20.9. The summed E-state index contributed by atoms with van der Waals surface area (Å²) in [5, 5.41) is 4.32. The van der Waals surface area contributed by atoms with Crippen molar-refractivity contribution < 1.29 is 8.83 Å². The zero-order chi connectivity index (χ0) is 25.1. The Morgan fingerprint density at radius 2 is 0.763 bits per heavy atom. The van der Waals surface area contributed by atoms with Gasteiger partial charge in [0.25, 0.3) is 0 Å². The third-order valence-electron chi connectivity index (χ3n) is 6.94. The molecule has 0 aliphatic carbocycles. The maximum absolute atomic E-state index is 6.14. The molecule has 5 nitrogen and oxygen atoms in total. The van der Waals surface area contributed by atoms with E-state index >= 15 is 0 Å². The van der Waals surface area contributed by atoms with Crippen molar-refractivity contribution in [2.24, 2.45) is 0 Å². The average Bonchev–Trinajstić information content (AvgIpc) is 3.54. The molecule has 5 aromatic carbocycles. The first-order valence-electron chi connectivity index (χ1n) is 12.4. The molecule has 0 atom stereocenters. The molecule has 0 aliphatic rings. The van der Waals surface area contributed by atoms with Gasteiger partial charge in [0, 0.05) is 38.2 Å². The lowest BCUT2D eigenvalue weighted by Crippen LogP contribution is -2.00. The van der Waals surface area contributed by atoms with Gasteiger partial charge in [-0.2, -0.15) is 0 Å². The molecule has 0 fully saturated rings. The molecule has 0 bridgehead atoms. The lowest BCUT2D eigenvalue weighted by Gasteiger charge is -2.08. The number of hydrogen-bond acceptors (Lipinski definition) is 5. The second-order valence-electron chi connectivity index (χ2n) is 9.29. The van der Waals surface area contributed by atoms with Gasteiger partial charge in [0.1, 0.15) is 22.3 Å². The van der Waals surface area contributed by atoms with Gasteiger partial charge < -0.3 is 8.83 Å². The number of para-hydroxylation sites is 2. The molecule has 0 radical (unpaired) electrons. The molecule has 0 N–H and O–H groups in total. The second kappa shape index (κ2) is 8.11. The fourth-order valence-corrected chi connectivity index (χ4v) is 5.08. The molecule has 8 aromatic rings. The van der Waals surface area contributed by atoms with Crippen LogP contribution in [-0.4, -0.2) is 15.0 Å². The lowest BCUT2D eigenvalue weighted by atomic mass is 10.1. The van der Waals surface area contributed by atoms with E-state index in [-0.39, 0.29) is 0 Å². The number of nitrogens with zero attached hydrogens (tertiary/aromatic N) is 3. The predicted molar refractivity (Wildman–Crippen MR) is 151 cm³/mol. The Morgan fingerprint density at radius 1 is 0.342 bits per heavy atom. The first-order valence-corrected chi connectivity index (χ1v) is 12.4. The number of rotatable bonds is 3. The Bertz CT molecular complexity index is 2010. The molecule has 0 saturated carbocycles. The molecule has 3 heterocycles. The zero-order valence-corrected chi connectivity index (χ0v) is 20.1. The Morgan fingerprint density at radius 3 is 1.29 bits per heavy atom. The Labute approximate surface area is 217 Å². The normalized spacial score (nSPS) is 11.7. The van der Waals surface area contributed by atoms with E-state index in [1.165, 1.54) is 0 Å². The molecule has 0 spiro atoms. The van der Waals surface area contributed by atoms with Crippen LogP contribution in [0.15, 0.2) is 124 Å². The standard InChI is InChI=1S/C33H19N3O2/c1-2-8-20(9-3-1)31-34-32(21-14-16-25-23-10-4-6-12-27(23)37-29(25)18-21)36-33(35-31)22-15-17-26-24-11-5-7-13-28(24)38-30(26)19-22/h1-19H. The zero-order valence-electron chi connectivity index (χ0n) is 20.1. The molecule has 0 aliphatic heterocycles. The Kier molecular flexibility index (Phi) is 4.45. The van der Waals surface area contributed by atoms with Gasteiger partial charge in [0.05, 0.1) is 0 Å². The van der Waals surface area contributed by atoms with Crippen molar-refractivity contribution >= 4 is 43.9 Å². The summed E-state index contributed by atoms with van der Waals surface area (Å²) in [6.45, 7) is 0. The van der Waals surface area contributed by atoms with Crippen molar-refractivity contribution in [2.45, 2.75) is 0 Å². The van der Waals surface area contributed by atoms with Crippen LogP contribution in [0.4, 0.5) is 0 Å². The summed E-state index contributed by atoms with van der Waals surface area (Å²) in [4.78, 5) is 14.7. The van der Waals surface area contributed by atoms with E-state index < -0.39 is 0 Å². The highest BCUT2D eigenvalue weighted by molar-refractivity contribution is 6.06. The number of furan rings is 2. The highest BCUT2D eigenvalue weighted by atomic mass is 16.3. The van der Waals surface area contributed by atoms with Crippen LogP contribution in [0.1, 0.15) is 0 Å². The van der Waals surface area contributed by atoms with Crippen molar-refractivity contribution in [3.05, 3.63) is 115 Å². The van der Waals surface area contributed by atoms with E-state index in [1.807, 2.05) is 91.0 Å². The molecule has 5 heteroatoms. The van der Waals surface area contributed by atoms with Gasteiger partial charge in [-0.25, -0.2) is 15.0 Å². The van der Waals surface area contributed by atoms with Gasteiger partial charge in [-0.3, -0.25) is 0 Å². The van der Waals surface area contributed by atoms with E-state index in [0.29, 0.717) is 17.5 Å². The smallest absolute Gasteiger partial charge is 0.164 e. The third kappa shape index (κ3) is 3.29. The van der Waals surface area contributed by atoms with Crippen LogP contribution in [0.3, 0.4) is 0 Å². The van der Waals surface area contributed by atoms with E-state index in [1.54, 1.807) is 0 Å². The molecule has 38 heavy (non-hydrogen) atoms. The number of fused-ring (bicyclic) bond motifs is 6. The summed E-state index contributed by atoms with van der Waals surface area (Å²) in [5.74, 6) is 1.78. The van der Waals surface area contributed by atoms with E-state index in [2.05, 4.69) is 24.3 Å². The van der Waals surface area contributed by atoms with Gasteiger partial charge in [0.2, 0.25) is 0 Å².